The molecular formula is C21H22INO4. The van der Waals surface area contributed by atoms with Gasteiger partial charge in [-0.3, -0.25) is 4.79 Å². The van der Waals surface area contributed by atoms with Crippen molar-refractivity contribution in [3.8, 4) is 0 Å². The van der Waals surface area contributed by atoms with E-state index in [2.05, 4.69) is 52.2 Å². The predicted molar refractivity (Wildman–Crippen MR) is 111 cm³/mol. The quantitative estimate of drug-likeness (QED) is 0.623. The van der Waals surface area contributed by atoms with Gasteiger partial charge in [0.15, 0.2) is 5.76 Å². The van der Waals surface area contributed by atoms with Crippen LogP contribution in [0, 0.1) is 3.57 Å². The zero-order valence-corrected chi connectivity index (χ0v) is 17.2. The molecule has 3 rings (SSSR count). The molecule has 2 atom stereocenters. The summed E-state index contributed by atoms with van der Waals surface area (Å²) in [5, 5.41) is 11.7. The fraction of sp³-hybridized carbons (Fsp3) is 0.286. The van der Waals surface area contributed by atoms with Crippen LogP contribution < -0.4 is 5.32 Å². The molecule has 5 nitrogen and oxygen atoms in total. The maximum Gasteiger partial charge on any atom is 0.285 e. The molecule has 6 heteroatoms. The first-order valence-corrected chi connectivity index (χ1v) is 9.83. The second kappa shape index (κ2) is 9.34. The van der Waals surface area contributed by atoms with Crippen LogP contribution in [0.1, 0.15) is 29.0 Å². The van der Waals surface area contributed by atoms with Gasteiger partial charge in [-0.05, 0) is 57.5 Å². The summed E-state index contributed by atoms with van der Waals surface area (Å²) in [5.41, 5.74) is 2.97. The fourth-order valence-electron chi connectivity index (χ4n) is 2.91. The normalized spacial score (nSPS) is 19.1. The third kappa shape index (κ3) is 5.31. The van der Waals surface area contributed by atoms with Gasteiger partial charge >= 0.3 is 0 Å². The van der Waals surface area contributed by atoms with E-state index >= 15 is 0 Å². The lowest BCUT2D eigenvalue weighted by Gasteiger charge is -2.29. The summed E-state index contributed by atoms with van der Waals surface area (Å²) in [7, 11) is 1.58. The minimum atomic E-state index is -0.510. The third-order valence-corrected chi connectivity index (χ3v) is 5.17. The smallest absolute Gasteiger partial charge is 0.285 e. The lowest BCUT2D eigenvalue weighted by atomic mass is 9.93. The summed E-state index contributed by atoms with van der Waals surface area (Å²) in [6.45, 7) is 0.391. The molecule has 27 heavy (non-hydrogen) atoms. The summed E-state index contributed by atoms with van der Waals surface area (Å²) in [5.74, 6) is 0.0730. The lowest BCUT2D eigenvalue weighted by Crippen LogP contribution is -2.31. The van der Waals surface area contributed by atoms with Crippen LogP contribution in [-0.4, -0.2) is 24.4 Å². The Morgan fingerprint density at radius 2 is 1.85 bits per heavy atom. The van der Waals surface area contributed by atoms with Crippen molar-refractivity contribution in [3.63, 3.8) is 0 Å². The van der Waals surface area contributed by atoms with Crippen molar-refractivity contribution in [2.45, 2.75) is 31.8 Å². The van der Waals surface area contributed by atoms with Crippen LogP contribution in [0.4, 0.5) is 0 Å². The first-order valence-electron chi connectivity index (χ1n) is 8.75. The highest BCUT2D eigenvalue weighted by Gasteiger charge is 2.28. The number of hydrogen-bond acceptors (Lipinski definition) is 4. The van der Waals surface area contributed by atoms with Gasteiger partial charge in [0.05, 0.1) is 13.2 Å². The molecule has 2 aromatic carbocycles. The van der Waals surface area contributed by atoms with Crippen LogP contribution in [0.2, 0.25) is 0 Å². The maximum absolute atomic E-state index is 12.1. The third-order valence-electron chi connectivity index (χ3n) is 4.45. The van der Waals surface area contributed by atoms with Crippen molar-refractivity contribution in [2.75, 3.05) is 7.05 Å². The van der Waals surface area contributed by atoms with Crippen molar-refractivity contribution < 1.29 is 19.4 Å². The van der Waals surface area contributed by atoms with E-state index in [4.69, 9.17) is 14.6 Å². The Kier molecular flexibility index (Phi) is 6.87. The summed E-state index contributed by atoms with van der Waals surface area (Å²) in [4.78, 5) is 12.1. The summed E-state index contributed by atoms with van der Waals surface area (Å²) < 4.78 is 12.9. The van der Waals surface area contributed by atoms with E-state index in [-0.39, 0.29) is 24.2 Å². The number of carbonyl (C=O) groups is 1. The van der Waals surface area contributed by atoms with E-state index in [1.165, 1.54) is 0 Å². The molecule has 0 fully saturated rings. The van der Waals surface area contributed by atoms with E-state index in [0.29, 0.717) is 13.0 Å². The molecule has 2 N–H and O–H groups in total. The summed E-state index contributed by atoms with van der Waals surface area (Å²) >= 11 is 2.27. The van der Waals surface area contributed by atoms with Crippen molar-refractivity contribution in [1.29, 1.82) is 0 Å². The van der Waals surface area contributed by atoms with Gasteiger partial charge in [0.25, 0.3) is 5.91 Å². The van der Waals surface area contributed by atoms with Gasteiger partial charge in [0, 0.05) is 23.0 Å². The molecule has 1 aliphatic rings. The zero-order chi connectivity index (χ0) is 19.2. The van der Waals surface area contributed by atoms with Gasteiger partial charge in [-0.25, -0.2) is 0 Å². The number of ether oxygens (including phenoxy) is 2. The Hall–Kier alpha value is -1.90. The molecule has 0 aromatic heterocycles. The SMILES string of the molecule is CNC(=O)C1=C[C@@H](c2ccc(I)cc2)C[C@@H](OCc2ccc(CO)cc2)O1. The second-order valence-corrected chi connectivity index (χ2v) is 7.58. The van der Waals surface area contributed by atoms with Crippen molar-refractivity contribution in [3.05, 3.63) is 80.6 Å². The van der Waals surface area contributed by atoms with E-state index in [0.717, 1.165) is 20.3 Å². The number of rotatable bonds is 6. The van der Waals surface area contributed by atoms with Crippen molar-refractivity contribution >= 4 is 28.5 Å². The Bertz CT molecular complexity index is 802. The van der Waals surface area contributed by atoms with Gasteiger partial charge in [-0.1, -0.05) is 36.4 Å². The van der Waals surface area contributed by atoms with E-state index in [1.807, 2.05) is 30.3 Å². The van der Waals surface area contributed by atoms with Gasteiger partial charge in [0.2, 0.25) is 6.29 Å². The minimum Gasteiger partial charge on any atom is -0.459 e. The van der Waals surface area contributed by atoms with Crippen molar-refractivity contribution in [1.82, 2.24) is 5.32 Å². The topological polar surface area (TPSA) is 67.8 Å². The van der Waals surface area contributed by atoms with Crippen LogP contribution >= 0.6 is 22.6 Å². The Morgan fingerprint density at radius 3 is 2.48 bits per heavy atom. The Balaban J connectivity index is 1.72. The van der Waals surface area contributed by atoms with Crippen LogP contribution in [0.25, 0.3) is 0 Å². The Morgan fingerprint density at radius 1 is 1.19 bits per heavy atom. The van der Waals surface area contributed by atoms with Crippen molar-refractivity contribution in [2.24, 2.45) is 0 Å². The van der Waals surface area contributed by atoms with Crippen LogP contribution in [-0.2, 0) is 27.5 Å². The lowest BCUT2D eigenvalue weighted by molar-refractivity contribution is -0.150. The molecule has 2 aromatic rings. The molecule has 1 heterocycles. The monoisotopic (exact) mass is 479 g/mol. The van der Waals surface area contributed by atoms with Gasteiger partial charge in [-0.2, -0.15) is 0 Å². The molecule has 0 saturated carbocycles. The van der Waals surface area contributed by atoms with Gasteiger partial charge < -0.3 is 19.9 Å². The number of hydrogen-bond donors (Lipinski definition) is 2. The van der Waals surface area contributed by atoms with Gasteiger partial charge in [0.1, 0.15) is 0 Å². The molecule has 142 valence electrons. The number of amides is 1. The highest BCUT2D eigenvalue weighted by Crippen LogP contribution is 2.32. The maximum atomic E-state index is 12.1. The number of nitrogens with one attached hydrogen (secondary N) is 1. The number of carbonyl (C=O) groups excluding carboxylic acids is 1. The Labute approximate surface area is 172 Å². The number of aliphatic hydroxyl groups is 1. The number of allylic oxidation sites excluding steroid dienone is 1. The molecular weight excluding hydrogens is 457 g/mol. The molecule has 0 aliphatic carbocycles. The average molecular weight is 479 g/mol. The standard InChI is InChI=1S/C21H22INO4/c1-23-21(25)19-10-17(16-6-8-18(22)9-7-16)11-20(27-19)26-13-15-4-2-14(12-24)3-5-15/h2-10,17,20,24H,11-13H2,1H3,(H,23,25)/t17-,20+/m1/s1. The molecule has 0 saturated heterocycles. The molecule has 0 radical (unpaired) electrons. The fourth-order valence-corrected chi connectivity index (χ4v) is 3.27. The largest absolute Gasteiger partial charge is 0.459 e. The molecule has 0 bridgehead atoms. The van der Waals surface area contributed by atoms with Crippen LogP contribution in [0.5, 0.6) is 0 Å². The minimum absolute atomic E-state index is 0.0187. The van der Waals surface area contributed by atoms with E-state index < -0.39 is 6.29 Å². The van der Waals surface area contributed by atoms with E-state index in [9.17, 15) is 4.79 Å². The predicted octanol–water partition coefficient (Wildman–Crippen LogP) is 3.46. The van der Waals surface area contributed by atoms with Gasteiger partial charge in [-0.15, -0.1) is 0 Å². The molecule has 0 spiro atoms. The van der Waals surface area contributed by atoms with Crippen LogP contribution in [0.3, 0.4) is 0 Å². The second-order valence-electron chi connectivity index (χ2n) is 6.34. The first-order chi connectivity index (χ1) is 13.1. The first kappa shape index (κ1) is 19.9. The summed E-state index contributed by atoms with van der Waals surface area (Å²) in [6, 6.07) is 15.8. The number of aliphatic hydroxyl groups excluding tert-OH is 1. The zero-order valence-electron chi connectivity index (χ0n) is 15.0. The molecule has 1 aliphatic heterocycles. The molecule has 1 amide bonds. The van der Waals surface area contributed by atoms with Crippen LogP contribution in [0.15, 0.2) is 60.4 Å². The summed E-state index contributed by atoms with van der Waals surface area (Å²) in [6.07, 6.45) is 1.98. The molecule has 0 unspecified atom stereocenters. The average Bonchev–Trinajstić information content (AvgIpc) is 2.72. The number of likely N-dealkylation sites (N-methyl/N-ethyl adjacent to an activating group) is 1. The van der Waals surface area contributed by atoms with E-state index in [1.54, 1.807) is 7.05 Å². The highest BCUT2D eigenvalue weighted by atomic mass is 127. The number of benzene rings is 2. The number of halogens is 1. The highest BCUT2D eigenvalue weighted by molar-refractivity contribution is 14.1.